The monoisotopic (exact) mass is 404 g/mol. The van der Waals surface area contributed by atoms with E-state index in [1.807, 2.05) is 24.3 Å². The number of rotatable bonds is 4. The Hall–Kier alpha value is -3.94. The Morgan fingerprint density at radius 2 is 1.27 bits per heavy atom. The van der Waals surface area contributed by atoms with Crippen LogP contribution in [0.2, 0.25) is 0 Å². The van der Waals surface area contributed by atoms with Crippen molar-refractivity contribution < 1.29 is 9.47 Å². The van der Waals surface area contributed by atoms with Gasteiger partial charge < -0.3 is 9.47 Å². The van der Waals surface area contributed by atoms with Crippen molar-refractivity contribution in [1.82, 2.24) is 19.1 Å². The van der Waals surface area contributed by atoms with Crippen LogP contribution in [-0.4, -0.2) is 33.3 Å². The SMILES string of the molecule is COc1ccc(-c2nc(-c3ccc(OC)cc3)c3c(=O)n(C)c(=O)n(C)c3n2)cc1. The summed E-state index contributed by atoms with van der Waals surface area (Å²) < 4.78 is 12.9. The van der Waals surface area contributed by atoms with Crippen LogP contribution in [0.4, 0.5) is 0 Å². The van der Waals surface area contributed by atoms with Crippen LogP contribution in [0.1, 0.15) is 0 Å². The van der Waals surface area contributed by atoms with Crippen molar-refractivity contribution in [2.24, 2.45) is 14.1 Å². The van der Waals surface area contributed by atoms with Gasteiger partial charge in [-0.05, 0) is 48.5 Å². The minimum absolute atomic E-state index is 0.273. The first kappa shape index (κ1) is 19.4. The lowest BCUT2D eigenvalue weighted by Gasteiger charge is -2.13. The maximum atomic E-state index is 13.0. The van der Waals surface area contributed by atoms with E-state index in [9.17, 15) is 9.59 Å². The van der Waals surface area contributed by atoms with Gasteiger partial charge in [0, 0.05) is 25.2 Å². The van der Waals surface area contributed by atoms with Gasteiger partial charge in [-0.2, -0.15) is 0 Å². The molecule has 0 bridgehead atoms. The predicted molar refractivity (Wildman–Crippen MR) is 114 cm³/mol. The van der Waals surface area contributed by atoms with Gasteiger partial charge in [-0.15, -0.1) is 0 Å². The Bertz CT molecular complexity index is 1350. The van der Waals surface area contributed by atoms with Crippen molar-refractivity contribution in [3.8, 4) is 34.1 Å². The van der Waals surface area contributed by atoms with Crippen molar-refractivity contribution in [1.29, 1.82) is 0 Å². The molecule has 8 heteroatoms. The van der Waals surface area contributed by atoms with E-state index >= 15 is 0 Å². The molecule has 0 fully saturated rings. The minimum atomic E-state index is -0.451. The fourth-order valence-electron chi connectivity index (χ4n) is 3.29. The second-order valence-corrected chi connectivity index (χ2v) is 6.76. The molecule has 4 aromatic rings. The largest absolute Gasteiger partial charge is 0.497 e. The first-order chi connectivity index (χ1) is 14.4. The molecule has 0 aliphatic heterocycles. The normalized spacial score (nSPS) is 10.9. The molecule has 2 aromatic carbocycles. The van der Waals surface area contributed by atoms with E-state index < -0.39 is 11.2 Å². The van der Waals surface area contributed by atoms with Gasteiger partial charge in [-0.1, -0.05) is 0 Å². The second-order valence-electron chi connectivity index (χ2n) is 6.76. The van der Waals surface area contributed by atoms with Crippen LogP contribution in [0.15, 0.2) is 58.1 Å². The first-order valence-corrected chi connectivity index (χ1v) is 9.21. The molecular weight excluding hydrogens is 384 g/mol. The lowest BCUT2D eigenvalue weighted by molar-refractivity contribution is 0.415. The second kappa shape index (κ2) is 7.47. The number of benzene rings is 2. The molecule has 0 unspecified atom stereocenters. The van der Waals surface area contributed by atoms with Gasteiger partial charge >= 0.3 is 5.69 Å². The van der Waals surface area contributed by atoms with Crippen molar-refractivity contribution in [2.75, 3.05) is 14.2 Å². The number of hydrogen-bond acceptors (Lipinski definition) is 6. The Kier molecular flexibility index (Phi) is 4.83. The van der Waals surface area contributed by atoms with Crippen molar-refractivity contribution in [3.05, 3.63) is 69.4 Å². The highest BCUT2D eigenvalue weighted by molar-refractivity contribution is 5.91. The third-order valence-corrected chi connectivity index (χ3v) is 5.01. The fourth-order valence-corrected chi connectivity index (χ4v) is 3.29. The number of methoxy groups -OCH3 is 2. The molecule has 0 N–H and O–H groups in total. The summed E-state index contributed by atoms with van der Waals surface area (Å²) in [7, 11) is 6.21. The number of fused-ring (bicyclic) bond motifs is 1. The quantitative estimate of drug-likeness (QED) is 0.519. The average Bonchev–Trinajstić information content (AvgIpc) is 2.80. The van der Waals surface area contributed by atoms with Gasteiger partial charge in [-0.3, -0.25) is 13.9 Å². The van der Waals surface area contributed by atoms with Gasteiger partial charge in [0.1, 0.15) is 16.9 Å². The van der Waals surface area contributed by atoms with Crippen LogP contribution in [0.3, 0.4) is 0 Å². The maximum Gasteiger partial charge on any atom is 0.332 e. The summed E-state index contributed by atoms with van der Waals surface area (Å²) >= 11 is 0. The highest BCUT2D eigenvalue weighted by atomic mass is 16.5. The molecule has 8 nitrogen and oxygen atoms in total. The van der Waals surface area contributed by atoms with Gasteiger partial charge in [0.25, 0.3) is 5.56 Å². The van der Waals surface area contributed by atoms with E-state index in [1.165, 1.54) is 11.6 Å². The smallest absolute Gasteiger partial charge is 0.332 e. The predicted octanol–water partition coefficient (Wildman–Crippen LogP) is 2.38. The van der Waals surface area contributed by atoms with Crippen molar-refractivity contribution in [3.63, 3.8) is 0 Å². The summed E-state index contributed by atoms with van der Waals surface area (Å²) in [5.41, 5.74) is 1.28. The summed E-state index contributed by atoms with van der Waals surface area (Å²) in [5.74, 6) is 1.79. The molecule has 30 heavy (non-hydrogen) atoms. The summed E-state index contributed by atoms with van der Waals surface area (Å²) in [5, 5.41) is 0.280. The number of aromatic nitrogens is 4. The standard InChI is InChI=1S/C22H20N4O4/c1-25-20-17(21(27)26(2)22(25)28)18(13-5-9-15(29-3)10-6-13)23-19(24-20)14-7-11-16(30-4)12-8-14/h5-12H,1-4H3. The van der Waals surface area contributed by atoms with Gasteiger partial charge in [0.05, 0.1) is 19.9 Å². The van der Waals surface area contributed by atoms with E-state index in [0.29, 0.717) is 28.6 Å². The molecule has 0 aliphatic rings. The van der Waals surface area contributed by atoms with Crippen LogP contribution < -0.4 is 20.7 Å². The average molecular weight is 404 g/mol. The highest BCUT2D eigenvalue weighted by Gasteiger charge is 2.19. The van der Waals surface area contributed by atoms with E-state index in [0.717, 1.165) is 10.1 Å². The van der Waals surface area contributed by atoms with Gasteiger partial charge in [-0.25, -0.2) is 14.8 Å². The molecular formula is C22H20N4O4. The van der Waals surface area contributed by atoms with Crippen LogP contribution in [0.25, 0.3) is 33.7 Å². The third-order valence-electron chi connectivity index (χ3n) is 5.01. The molecule has 0 aliphatic carbocycles. The Morgan fingerprint density at radius 1 is 0.733 bits per heavy atom. The number of nitrogens with zero attached hydrogens (tertiary/aromatic N) is 4. The van der Waals surface area contributed by atoms with Crippen molar-refractivity contribution in [2.45, 2.75) is 0 Å². The summed E-state index contributed by atoms with van der Waals surface area (Å²) in [6, 6.07) is 14.5. The maximum absolute atomic E-state index is 13.0. The molecule has 4 rings (SSSR count). The number of aryl methyl sites for hydroxylation is 1. The number of hydrogen-bond donors (Lipinski definition) is 0. The molecule has 0 amide bonds. The third kappa shape index (κ3) is 3.12. The summed E-state index contributed by atoms with van der Waals surface area (Å²) in [6.45, 7) is 0. The summed E-state index contributed by atoms with van der Waals surface area (Å²) in [4.78, 5) is 34.7. The fraction of sp³-hybridized carbons (Fsp3) is 0.182. The molecule has 152 valence electrons. The topological polar surface area (TPSA) is 88.2 Å². The van der Waals surface area contributed by atoms with Gasteiger partial charge in [0.15, 0.2) is 11.5 Å². The Balaban J connectivity index is 2.08. The zero-order valence-corrected chi connectivity index (χ0v) is 17.0. The number of ether oxygens (including phenoxy) is 2. The molecule has 2 aromatic heterocycles. The molecule has 0 saturated carbocycles. The zero-order valence-electron chi connectivity index (χ0n) is 17.0. The molecule has 0 spiro atoms. The van der Waals surface area contributed by atoms with Crippen molar-refractivity contribution >= 4 is 11.0 Å². The highest BCUT2D eigenvalue weighted by Crippen LogP contribution is 2.28. The van der Waals surface area contributed by atoms with Crippen LogP contribution in [-0.2, 0) is 14.1 Å². The molecule has 0 saturated heterocycles. The van der Waals surface area contributed by atoms with Crippen LogP contribution in [0, 0.1) is 0 Å². The lowest BCUT2D eigenvalue weighted by atomic mass is 10.1. The van der Waals surface area contributed by atoms with Gasteiger partial charge in [0.2, 0.25) is 0 Å². The molecule has 0 radical (unpaired) electrons. The zero-order chi connectivity index (χ0) is 21.4. The van der Waals surface area contributed by atoms with Crippen LogP contribution in [0.5, 0.6) is 11.5 Å². The molecule has 0 atom stereocenters. The van der Waals surface area contributed by atoms with E-state index in [2.05, 4.69) is 4.98 Å². The van der Waals surface area contributed by atoms with Crippen LogP contribution >= 0.6 is 0 Å². The first-order valence-electron chi connectivity index (χ1n) is 9.21. The minimum Gasteiger partial charge on any atom is -0.497 e. The summed E-state index contributed by atoms with van der Waals surface area (Å²) in [6.07, 6.45) is 0. The van der Waals surface area contributed by atoms with E-state index in [1.54, 1.807) is 45.5 Å². The van der Waals surface area contributed by atoms with E-state index in [-0.39, 0.29) is 11.0 Å². The molecule has 2 heterocycles. The Labute approximate surface area is 172 Å². The van der Waals surface area contributed by atoms with E-state index in [4.69, 9.17) is 14.5 Å². The lowest BCUT2D eigenvalue weighted by Crippen LogP contribution is -2.37. The Morgan fingerprint density at radius 3 is 1.80 bits per heavy atom.